The molecule has 3 rings (SSSR count). The Kier molecular flexibility index (Phi) is 3.68. The molecular weight excluding hydrogens is 258 g/mol. The highest BCUT2D eigenvalue weighted by Crippen LogP contribution is 2.39. The van der Waals surface area contributed by atoms with Crippen molar-refractivity contribution in [3.8, 4) is 0 Å². The van der Waals surface area contributed by atoms with E-state index in [2.05, 4.69) is 35.1 Å². The summed E-state index contributed by atoms with van der Waals surface area (Å²) in [5.74, 6) is 2.00. The van der Waals surface area contributed by atoms with Crippen molar-refractivity contribution in [2.24, 2.45) is 5.92 Å². The van der Waals surface area contributed by atoms with Crippen LogP contribution in [0.3, 0.4) is 0 Å². The molecule has 104 valence electrons. The third kappa shape index (κ3) is 2.72. The molecule has 0 radical (unpaired) electrons. The van der Waals surface area contributed by atoms with Gasteiger partial charge < -0.3 is 10.2 Å². The quantitative estimate of drug-likeness (QED) is 0.917. The average molecular weight is 280 g/mol. The molecule has 2 bridgehead atoms. The summed E-state index contributed by atoms with van der Waals surface area (Å²) < 4.78 is 0. The van der Waals surface area contributed by atoms with Gasteiger partial charge in [-0.2, -0.15) is 0 Å². The highest BCUT2D eigenvalue weighted by Gasteiger charge is 2.38. The molecule has 1 aliphatic carbocycles. The molecule has 0 spiro atoms. The molecule has 2 fully saturated rings. The molecule has 2 heterocycles. The van der Waals surface area contributed by atoms with E-state index in [1.54, 1.807) is 6.20 Å². The molecule has 19 heavy (non-hydrogen) atoms. The molecule has 2 aliphatic rings. The Morgan fingerprint density at radius 2 is 2.32 bits per heavy atom. The van der Waals surface area contributed by atoms with Gasteiger partial charge in [-0.05, 0) is 36.8 Å². The number of piperidine rings is 1. The minimum atomic E-state index is 0.468. The Bertz CT molecular complexity index is 461. The molecule has 1 N–H and O–H groups in total. The van der Waals surface area contributed by atoms with E-state index in [1.807, 2.05) is 0 Å². The van der Waals surface area contributed by atoms with Gasteiger partial charge in [-0.1, -0.05) is 25.4 Å². The molecule has 1 saturated carbocycles. The molecule has 0 aromatic carbocycles. The monoisotopic (exact) mass is 279 g/mol. The van der Waals surface area contributed by atoms with Crippen LogP contribution in [0.5, 0.6) is 0 Å². The first-order valence-electron chi connectivity index (χ1n) is 7.28. The van der Waals surface area contributed by atoms with Crippen LogP contribution in [-0.4, -0.2) is 23.6 Å². The zero-order valence-electron chi connectivity index (χ0n) is 11.7. The van der Waals surface area contributed by atoms with Crippen molar-refractivity contribution in [2.75, 3.05) is 11.4 Å². The first-order valence-corrected chi connectivity index (χ1v) is 7.65. The van der Waals surface area contributed by atoms with Crippen molar-refractivity contribution >= 4 is 17.4 Å². The number of hydrogen-bond donors (Lipinski definition) is 1. The van der Waals surface area contributed by atoms with Gasteiger partial charge in [0.15, 0.2) is 0 Å². The number of hydrogen-bond acceptors (Lipinski definition) is 3. The topological polar surface area (TPSA) is 28.2 Å². The van der Waals surface area contributed by atoms with E-state index >= 15 is 0 Å². The van der Waals surface area contributed by atoms with E-state index in [1.165, 1.54) is 25.8 Å². The number of fused-ring (bicyclic) bond motifs is 2. The maximum absolute atomic E-state index is 6.24. The second kappa shape index (κ2) is 5.29. The third-order valence-electron chi connectivity index (χ3n) is 4.32. The molecule has 3 nitrogen and oxygen atoms in total. The minimum absolute atomic E-state index is 0.468. The number of pyridine rings is 1. The number of nitrogens with zero attached hydrogens (tertiary/aromatic N) is 2. The summed E-state index contributed by atoms with van der Waals surface area (Å²) >= 11 is 6.24. The fourth-order valence-corrected chi connectivity index (χ4v) is 3.45. The SMILES string of the molecule is CC(C)NCc1cc(N2CC3CCC2C3)ncc1Cl. The second-order valence-corrected chi connectivity index (χ2v) is 6.56. The molecule has 2 unspecified atom stereocenters. The Morgan fingerprint density at radius 3 is 2.95 bits per heavy atom. The van der Waals surface area contributed by atoms with Crippen molar-refractivity contribution in [1.82, 2.24) is 10.3 Å². The second-order valence-electron chi connectivity index (χ2n) is 6.15. The van der Waals surface area contributed by atoms with Crippen molar-refractivity contribution in [1.29, 1.82) is 0 Å². The first kappa shape index (κ1) is 13.2. The largest absolute Gasteiger partial charge is 0.353 e. The summed E-state index contributed by atoms with van der Waals surface area (Å²) in [5.41, 5.74) is 1.16. The lowest BCUT2D eigenvalue weighted by Crippen LogP contribution is -2.32. The maximum Gasteiger partial charge on any atom is 0.129 e. The summed E-state index contributed by atoms with van der Waals surface area (Å²) in [6.45, 7) is 6.29. The van der Waals surface area contributed by atoms with Gasteiger partial charge in [0.2, 0.25) is 0 Å². The van der Waals surface area contributed by atoms with Crippen molar-refractivity contribution < 1.29 is 0 Å². The van der Waals surface area contributed by atoms with E-state index in [0.29, 0.717) is 12.1 Å². The molecule has 1 saturated heterocycles. The fraction of sp³-hybridized carbons (Fsp3) is 0.667. The van der Waals surface area contributed by atoms with Crippen molar-refractivity contribution in [3.63, 3.8) is 0 Å². The van der Waals surface area contributed by atoms with Crippen LogP contribution >= 0.6 is 11.6 Å². The molecule has 2 atom stereocenters. The normalized spacial score (nSPS) is 25.6. The predicted octanol–water partition coefficient (Wildman–Crippen LogP) is 3.22. The van der Waals surface area contributed by atoms with Crippen LogP contribution in [0.15, 0.2) is 12.3 Å². The lowest BCUT2D eigenvalue weighted by Gasteiger charge is -2.28. The zero-order chi connectivity index (χ0) is 13.4. The van der Waals surface area contributed by atoms with Crippen LogP contribution in [0.2, 0.25) is 5.02 Å². The Balaban J connectivity index is 1.77. The standard InChI is InChI=1S/C15H22ClN3/c1-10(2)17-7-12-6-15(18-8-14(12)16)19-9-11-3-4-13(19)5-11/h6,8,10-11,13,17H,3-5,7,9H2,1-2H3. The lowest BCUT2D eigenvalue weighted by molar-refractivity contribution is 0.549. The van der Waals surface area contributed by atoms with Crippen molar-refractivity contribution in [3.05, 3.63) is 22.8 Å². The molecular formula is C15H22ClN3. The molecule has 1 aromatic heterocycles. The Labute approximate surface area is 120 Å². The Hall–Kier alpha value is -0.800. The van der Waals surface area contributed by atoms with E-state index < -0.39 is 0 Å². The van der Waals surface area contributed by atoms with Crippen LogP contribution in [-0.2, 0) is 6.54 Å². The number of halogens is 1. The van der Waals surface area contributed by atoms with Gasteiger partial charge in [-0.15, -0.1) is 0 Å². The zero-order valence-corrected chi connectivity index (χ0v) is 12.5. The van der Waals surface area contributed by atoms with E-state index in [-0.39, 0.29) is 0 Å². The smallest absolute Gasteiger partial charge is 0.129 e. The van der Waals surface area contributed by atoms with E-state index in [4.69, 9.17) is 11.6 Å². The summed E-state index contributed by atoms with van der Waals surface area (Å²) in [6.07, 6.45) is 5.88. The Morgan fingerprint density at radius 1 is 1.47 bits per heavy atom. The number of rotatable bonds is 4. The van der Waals surface area contributed by atoms with Gasteiger partial charge in [-0.25, -0.2) is 4.98 Å². The van der Waals surface area contributed by atoms with Gasteiger partial charge in [0.1, 0.15) is 5.82 Å². The minimum Gasteiger partial charge on any atom is -0.353 e. The number of anilines is 1. The molecule has 1 aromatic rings. The van der Waals surface area contributed by atoms with Gasteiger partial charge in [0.25, 0.3) is 0 Å². The highest BCUT2D eigenvalue weighted by atomic mass is 35.5. The first-order chi connectivity index (χ1) is 9.13. The number of nitrogens with one attached hydrogen (secondary N) is 1. The summed E-state index contributed by atoms with van der Waals surface area (Å²) in [5, 5.41) is 4.19. The third-order valence-corrected chi connectivity index (χ3v) is 4.66. The van der Waals surface area contributed by atoms with Gasteiger partial charge in [0.05, 0.1) is 5.02 Å². The average Bonchev–Trinajstić information content (AvgIpc) is 3.00. The predicted molar refractivity (Wildman–Crippen MR) is 79.7 cm³/mol. The summed E-state index contributed by atoms with van der Waals surface area (Å²) in [7, 11) is 0. The summed E-state index contributed by atoms with van der Waals surface area (Å²) in [6, 6.07) is 3.35. The van der Waals surface area contributed by atoms with Gasteiger partial charge >= 0.3 is 0 Å². The highest BCUT2D eigenvalue weighted by molar-refractivity contribution is 6.31. The van der Waals surface area contributed by atoms with Gasteiger partial charge in [-0.3, -0.25) is 0 Å². The molecule has 4 heteroatoms. The van der Waals surface area contributed by atoms with Crippen LogP contribution in [0.25, 0.3) is 0 Å². The van der Waals surface area contributed by atoms with Crippen LogP contribution in [0.4, 0.5) is 5.82 Å². The van der Waals surface area contributed by atoms with Gasteiger partial charge in [0, 0.05) is 31.4 Å². The van der Waals surface area contributed by atoms with Crippen LogP contribution < -0.4 is 10.2 Å². The molecule has 1 aliphatic heterocycles. The molecule has 0 amide bonds. The van der Waals surface area contributed by atoms with Crippen LogP contribution in [0.1, 0.15) is 38.7 Å². The van der Waals surface area contributed by atoms with Crippen molar-refractivity contribution in [2.45, 2.75) is 51.7 Å². The van der Waals surface area contributed by atoms with Crippen LogP contribution in [0, 0.1) is 5.92 Å². The fourth-order valence-electron chi connectivity index (χ4n) is 3.28. The van der Waals surface area contributed by atoms with E-state index in [9.17, 15) is 0 Å². The summed E-state index contributed by atoms with van der Waals surface area (Å²) in [4.78, 5) is 7.01. The van der Waals surface area contributed by atoms with E-state index in [0.717, 1.165) is 28.9 Å². The lowest BCUT2D eigenvalue weighted by atomic mass is 10.1. The number of aromatic nitrogens is 1. The maximum atomic E-state index is 6.24.